The molecule has 1 aromatic heterocycles. The Hall–Kier alpha value is -3.35. The Morgan fingerprint density at radius 3 is 2.16 bits per heavy atom. The topological polar surface area (TPSA) is 58.1 Å². The standard InChI is InChI=1S/C18H14F2N4O/c1-24(13-6-3-2-4-7-13)17(25)12-10-21-18(22-11-12)23-16-14(19)8-5-9-15(16)20/h2-11H,1H3,(H,21,22,23). The van der Waals surface area contributed by atoms with E-state index >= 15 is 0 Å². The summed E-state index contributed by atoms with van der Waals surface area (Å²) in [7, 11) is 1.64. The van der Waals surface area contributed by atoms with E-state index in [0.29, 0.717) is 0 Å². The van der Waals surface area contributed by atoms with E-state index in [0.717, 1.165) is 17.8 Å². The van der Waals surface area contributed by atoms with E-state index < -0.39 is 11.6 Å². The Balaban J connectivity index is 1.77. The predicted octanol–water partition coefficient (Wildman–Crippen LogP) is 3.78. The molecule has 0 radical (unpaired) electrons. The van der Waals surface area contributed by atoms with Gasteiger partial charge >= 0.3 is 0 Å². The third-order valence-corrected chi connectivity index (χ3v) is 3.55. The molecule has 1 heterocycles. The van der Waals surface area contributed by atoms with Crippen molar-refractivity contribution >= 4 is 23.2 Å². The van der Waals surface area contributed by atoms with Crippen LogP contribution < -0.4 is 10.2 Å². The van der Waals surface area contributed by atoms with Crippen LogP contribution in [-0.4, -0.2) is 22.9 Å². The highest BCUT2D eigenvalue weighted by atomic mass is 19.1. The van der Waals surface area contributed by atoms with Gasteiger partial charge in [0.1, 0.15) is 17.3 Å². The summed E-state index contributed by atoms with van der Waals surface area (Å²) in [4.78, 5) is 21.8. The Bertz CT molecular complexity index is 865. The molecule has 3 aromatic rings. The van der Waals surface area contributed by atoms with E-state index in [1.165, 1.54) is 23.4 Å². The van der Waals surface area contributed by atoms with Gasteiger partial charge in [-0.2, -0.15) is 0 Å². The summed E-state index contributed by atoms with van der Waals surface area (Å²) >= 11 is 0. The number of nitrogens with one attached hydrogen (secondary N) is 1. The van der Waals surface area contributed by atoms with Crippen LogP contribution in [0.25, 0.3) is 0 Å². The third-order valence-electron chi connectivity index (χ3n) is 3.55. The maximum Gasteiger partial charge on any atom is 0.261 e. The van der Waals surface area contributed by atoms with E-state index in [1.807, 2.05) is 18.2 Å². The maximum atomic E-state index is 13.6. The normalized spacial score (nSPS) is 10.4. The largest absolute Gasteiger partial charge is 0.319 e. The second-order valence-corrected chi connectivity index (χ2v) is 5.22. The fourth-order valence-electron chi connectivity index (χ4n) is 2.19. The summed E-state index contributed by atoms with van der Waals surface area (Å²) in [6, 6.07) is 12.6. The summed E-state index contributed by atoms with van der Waals surface area (Å²) < 4.78 is 27.2. The second kappa shape index (κ2) is 7.04. The van der Waals surface area contributed by atoms with Crippen molar-refractivity contribution in [2.24, 2.45) is 0 Å². The van der Waals surface area contributed by atoms with Crippen molar-refractivity contribution in [3.8, 4) is 0 Å². The summed E-state index contributed by atoms with van der Waals surface area (Å²) in [6.45, 7) is 0. The average Bonchev–Trinajstić information content (AvgIpc) is 2.65. The molecule has 0 fully saturated rings. The maximum absolute atomic E-state index is 13.6. The molecule has 25 heavy (non-hydrogen) atoms. The molecule has 1 N–H and O–H groups in total. The first kappa shape index (κ1) is 16.5. The van der Waals surface area contributed by atoms with Crippen molar-refractivity contribution in [1.82, 2.24) is 9.97 Å². The van der Waals surface area contributed by atoms with Crippen LogP contribution >= 0.6 is 0 Å². The lowest BCUT2D eigenvalue weighted by Gasteiger charge is -2.17. The molecule has 0 bridgehead atoms. The summed E-state index contributed by atoms with van der Waals surface area (Å²) in [5.74, 6) is -1.82. The molecule has 5 nitrogen and oxygen atoms in total. The van der Waals surface area contributed by atoms with Gasteiger partial charge in [-0.25, -0.2) is 18.7 Å². The van der Waals surface area contributed by atoms with E-state index in [2.05, 4.69) is 15.3 Å². The molecular weight excluding hydrogens is 326 g/mol. The van der Waals surface area contributed by atoms with Gasteiger partial charge < -0.3 is 10.2 Å². The van der Waals surface area contributed by atoms with Crippen LogP contribution in [0.5, 0.6) is 0 Å². The Morgan fingerprint density at radius 2 is 1.56 bits per heavy atom. The third kappa shape index (κ3) is 3.60. The molecule has 0 saturated heterocycles. The highest BCUT2D eigenvalue weighted by Crippen LogP contribution is 2.21. The number of hydrogen-bond acceptors (Lipinski definition) is 4. The van der Waals surface area contributed by atoms with Gasteiger partial charge in [-0.1, -0.05) is 24.3 Å². The molecule has 0 saturated carbocycles. The zero-order valence-corrected chi connectivity index (χ0v) is 13.3. The number of amides is 1. The zero-order valence-electron chi connectivity index (χ0n) is 13.3. The monoisotopic (exact) mass is 340 g/mol. The minimum absolute atomic E-state index is 0.0112. The summed E-state index contributed by atoms with van der Waals surface area (Å²) in [5, 5.41) is 2.47. The van der Waals surface area contributed by atoms with Gasteiger partial charge in [-0.15, -0.1) is 0 Å². The first-order chi connectivity index (χ1) is 12.1. The molecule has 0 spiro atoms. The predicted molar refractivity (Wildman–Crippen MR) is 90.8 cm³/mol. The number of anilines is 3. The SMILES string of the molecule is CN(C(=O)c1cnc(Nc2c(F)cccc2F)nc1)c1ccccc1. The summed E-state index contributed by atoms with van der Waals surface area (Å²) in [6.07, 6.45) is 2.60. The first-order valence-electron chi connectivity index (χ1n) is 7.42. The van der Waals surface area contributed by atoms with Crippen molar-refractivity contribution in [2.75, 3.05) is 17.3 Å². The number of halogens is 2. The molecular formula is C18H14F2N4O. The zero-order chi connectivity index (χ0) is 17.8. The lowest BCUT2D eigenvalue weighted by molar-refractivity contribution is 0.0992. The number of rotatable bonds is 4. The molecule has 0 unspecified atom stereocenters. The summed E-state index contributed by atoms with van der Waals surface area (Å²) in [5.41, 5.74) is 0.636. The van der Waals surface area contributed by atoms with Gasteiger partial charge in [-0.3, -0.25) is 4.79 Å². The molecule has 0 aliphatic carbocycles. The van der Waals surface area contributed by atoms with Crippen molar-refractivity contribution in [2.45, 2.75) is 0 Å². The minimum Gasteiger partial charge on any atom is -0.319 e. The Kier molecular flexibility index (Phi) is 4.65. The average molecular weight is 340 g/mol. The Morgan fingerprint density at radius 1 is 0.960 bits per heavy atom. The van der Waals surface area contributed by atoms with Crippen LogP contribution in [-0.2, 0) is 0 Å². The smallest absolute Gasteiger partial charge is 0.261 e. The van der Waals surface area contributed by atoms with Crippen LogP contribution in [0.3, 0.4) is 0 Å². The van der Waals surface area contributed by atoms with Crippen LogP contribution in [0, 0.1) is 11.6 Å². The van der Waals surface area contributed by atoms with Gasteiger partial charge in [0.2, 0.25) is 5.95 Å². The van der Waals surface area contributed by atoms with Crippen LogP contribution in [0.1, 0.15) is 10.4 Å². The van der Waals surface area contributed by atoms with Gasteiger partial charge in [0, 0.05) is 25.1 Å². The minimum atomic E-state index is -0.757. The number of benzene rings is 2. The lowest BCUT2D eigenvalue weighted by atomic mass is 10.2. The van der Waals surface area contributed by atoms with Crippen LogP contribution in [0.2, 0.25) is 0 Å². The molecule has 1 amide bonds. The number of carbonyl (C=O) groups is 1. The number of carbonyl (C=O) groups excluding carboxylic acids is 1. The van der Waals surface area contributed by atoms with E-state index in [9.17, 15) is 13.6 Å². The van der Waals surface area contributed by atoms with Gasteiger partial charge in [0.25, 0.3) is 5.91 Å². The van der Waals surface area contributed by atoms with E-state index in [4.69, 9.17) is 0 Å². The molecule has 7 heteroatoms. The molecule has 3 rings (SSSR count). The molecule has 0 aliphatic rings. The van der Waals surface area contributed by atoms with Crippen molar-refractivity contribution in [3.05, 3.63) is 78.1 Å². The van der Waals surface area contributed by atoms with Gasteiger partial charge in [-0.05, 0) is 24.3 Å². The van der Waals surface area contributed by atoms with Gasteiger partial charge in [0.15, 0.2) is 0 Å². The van der Waals surface area contributed by atoms with E-state index in [-0.39, 0.29) is 23.1 Å². The molecule has 0 aliphatic heterocycles. The van der Waals surface area contributed by atoms with Crippen molar-refractivity contribution < 1.29 is 13.6 Å². The number of para-hydroxylation sites is 2. The molecule has 0 atom stereocenters. The second-order valence-electron chi connectivity index (χ2n) is 5.22. The Labute approximate surface area is 143 Å². The molecule has 2 aromatic carbocycles. The number of nitrogens with zero attached hydrogens (tertiary/aromatic N) is 3. The number of hydrogen-bond donors (Lipinski definition) is 1. The fraction of sp³-hybridized carbons (Fsp3) is 0.0556. The first-order valence-corrected chi connectivity index (χ1v) is 7.42. The molecule has 126 valence electrons. The van der Waals surface area contributed by atoms with Crippen LogP contribution in [0.15, 0.2) is 60.9 Å². The van der Waals surface area contributed by atoms with E-state index in [1.54, 1.807) is 19.2 Å². The number of aromatic nitrogens is 2. The quantitative estimate of drug-likeness (QED) is 0.785. The van der Waals surface area contributed by atoms with Crippen molar-refractivity contribution in [1.29, 1.82) is 0 Å². The highest BCUT2D eigenvalue weighted by molar-refractivity contribution is 6.05. The highest BCUT2D eigenvalue weighted by Gasteiger charge is 2.15. The van der Waals surface area contributed by atoms with Crippen LogP contribution in [0.4, 0.5) is 26.1 Å². The lowest BCUT2D eigenvalue weighted by Crippen LogP contribution is -2.26. The fourth-order valence-corrected chi connectivity index (χ4v) is 2.19. The van der Waals surface area contributed by atoms with Gasteiger partial charge in [0.05, 0.1) is 5.56 Å². The van der Waals surface area contributed by atoms with Crippen molar-refractivity contribution in [3.63, 3.8) is 0 Å².